The van der Waals surface area contributed by atoms with Crippen molar-refractivity contribution in [3.63, 3.8) is 0 Å². The third kappa shape index (κ3) is 2.40. The van der Waals surface area contributed by atoms with Crippen LogP contribution in [-0.4, -0.2) is 17.7 Å². The summed E-state index contributed by atoms with van der Waals surface area (Å²) in [7, 11) is 1.86. The maximum Gasteiger partial charge on any atom is 0.180 e. The number of hydrogen-bond acceptors (Lipinski definition) is 4. The van der Waals surface area contributed by atoms with E-state index in [4.69, 9.17) is 10.5 Å². The molecule has 19 heavy (non-hydrogen) atoms. The zero-order valence-electron chi connectivity index (χ0n) is 12.1. The largest absolute Gasteiger partial charge is 0.379 e. The van der Waals surface area contributed by atoms with Crippen molar-refractivity contribution in [1.29, 1.82) is 0 Å². The molecular weight excluding hydrogens is 256 g/mol. The number of methoxy groups -OCH3 is 1. The van der Waals surface area contributed by atoms with Crippen LogP contribution in [0.2, 0.25) is 0 Å². The van der Waals surface area contributed by atoms with Crippen molar-refractivity contribution < 1.29 is 4.74 Å². The van der Waals surface area contributed by atoms with E-state index in [9.17, 15) is 0 Å². The molecule has 3 rings (SSSR count). The van der Waals surface area contributed by atoms with Gasteiger partial charge < -0.3 is 10.5 Å². The number of fused-ring (bicyclic) bond motifs is 2. The molecule has 1 aromatic rings. The first-order valence-corrected chi connectivity index (χ1v) is 8.07. The van der Waals surface area contributed by atoms with Gasteiger partial charge in [0.25, 0.3) is 0 Å². The number of nitrogen functional groups attached to an aromatic ring is 1. The fourth-order valence-electron chi connectivity index (χ4n) is 4.55. The highest BCUT2D eigenvalue weighted by atomic mass is 32.1. The lowest BCUT2D eigenvalue weighted by Gasteiger charge is -2.50. The highest BCUT2D eigenvalue weighted by molar-refractivity contribution is 7.13. The van der Waals surface area contributed by atoms with Crippen LogP contribution in [-0.2, 0) is 10.2 Å². The molecule has 2 bridgehead atoms. The van der Waals surface area contributed by atoms with Crippen LogP contribution in [0.25, 0.3) is 0 Å². The van der Waals surface area contributed by atoms with Crippen molar-refractivity contribution in [3.05, 3.63) is 11.1 Å². The van der Waals surface area contributed by atoms with Crippen LogP contribution in [0.1, 0.15) is 51.6 Å². The summed E-state index contributed by atoms with van der Waals surface area (Å²) in [6.07, 6.45) is 6.20. The van der Waals surface area contributed by atoms with Crippen molar-refractivity contribution in [1.82, 2.24) is 4.98 Å². The molecule has 0 aromatic carbocycles. The second-order valence-corrected chi connectivity index (χ2v) is 7.96. The van der Waals surface area contributed by atoms with Crippen LogP contribution in [0.5, 0.6) is 0 Å². The van der Waals surface area contributed by atoms with E-state index in [-0.39, 0.29) is 11.0 Å². The Morgan fingerprint density at radius 1 is 1.26 bits per heavy atom. The minimum atomic E-state index is 0.0933. The maximum absolute atomic E-state index is 5.81. The van der Waals surface area contributed by atoms with Crippen molar-refractivity contribution in [2.75, 3.05) is 12.8 Å². The van der Waals surface area contributed by atoms with Gasteiger partial charge in [-0.15, -0.1) is 11.3 Å². The number of nitrogens with two attached hydrogens (primary N) is 1. The first kappa shape index (κ1) is 13.4. The molecule has 2 unspecified atom stereocenters. The van der Waals surface area contributed by atoms with Crippen molar-refractivity contribution in [3.8, 4) is 0 Å². The minimum Gasteiger partial charge on any atom is -0.379 e. The monoisotopic (exact) mass is 280 g/mol. The standard InChI is InChI=1S/C15H24N2OS/c1-14(12-9-19-13(16)17-12)5-10-4-11(6-14)8-15(2,7-10)18-3/h9-11H,4-8H2,1-3H3,(H2,16,17). The number of ether oxygens (including phenoxy) is 1. The molecule has 2 saturated carbocycles. The van der Waals surface area contributed by atoms with Crippen molar-refractivity contribution in [2.24, 2.45) is 11.8 Å². The summed E-state index contributed by atoms with van der Waals surface area (Å²) >= 11 is 1.57. The van der Waals surface area contributed by atoms with Gasteiger partial charge in [0.2, 0.25) is 0 Å². The van der Waals surface area contributed by atoms with Gasteiger partial charge in [-0.3, -0.25) is 0 Å². The Balaban J connectivity index is 1.83. The minimum absolute atomic E-state index is 0.0933. The summed E-state index contributed by atoms with van der Waals surface area (Å²) in [5.74, 6) is 1.54. The molecule has 0 aliphatic heterocycles. The molecule has 0 radical (unpaired) electrons. The lowest BCUT2D eigenvalue weighted by atomic mass is 9.57. The van der Waals surface area contributed by atoms with Crippen LogP contribution in [0.3, 0.4) is 0 Å². The van der Waals surface area contributed by atoms with Gasteiger partial charge in [0.05, 0.1) is 11.3 Å². The van der Waals surface area contributed by atoms with Crippen molar-refractivity contribution >= 4 is 16.5 Å². The molecule has 2 aliphatic carbocycles. The number of hydrogen-bond donors (Lipinski definition) is 1. The quantitative estimate of drug-likeness (QED) is 0.900. The fourth-order valence-corrected chi connectivity index (χ4v) is 5.27. The predicted octanol–water partition coefficient (Wildman–Crippen LogP) is 3.60. The molecular formula is C15H24N2OS. The number of anilines is 1. The lowest BCUT2D eigenvalue weighted by Crippen LogP contribution is -2.46. The number of rotatable bonds is 2. The summed E-state index contributed by atoms with van der Waals surface area (Å²) in [6.45, 7) is 4.64. The summed E-state index contributed by atoms with van der Waals surface area (Å²) in [5.41, 5.74) is 7.34. The van der Waals surface area contributed by atoms with Gasteiger partial charge in [0.15, 0.2) is 5.13 Å². The van der Waals surface area contributed by atoms with E-state index >= 15 is 0 Å². The molecule has 2 N–H and O–H groups in total. The number of thiazole rings is 1. The van der Waals surface area contributed by atoms with Gasteiger partial charge in [0, 0.05) is 17.9 Å². The smallest absolute Gasteiger partial charge is 0.180 e. The Hall–Kier alpha value is -0.610. The fraction of sp³-hybridized carbons (Fsp3) is 0.800. The zero-order chi connectivity index (χ0) is 13.7. The molecule has 2 aliphatic rings. The SMILES string of the molecule is COC1(C)CC2CC(C1)CC(C)(c1csc(N)n1)C2. The third-order valence-corrected chi connectivity index (χ3v) is 5.89. The molecule has 2 fully saturated rings. The summed E-state index contributed by atoms with van der Waals surface area (Å²) in [5, 5.41) is 2.86. The second-order valence-electron chi connectivity index (χ2n) is 7.07. The van der Waals surface area contributed by atoms with Gasteiger partial charge in [-0.25, -0.2) is 4.98 Å². The van der Waals surface area contributed by atoms with E-state index in [0.717, 1.165) is 11.8 Å². The predicted molar refractivity (Wildman–Crippen MR) is 79.4 cm³/mol. The highest BCUT2D eigenvalue weighted by Gasteiger charge is 2.47. The molecule has 0 spiro atoms. The summed E-state index contributed by atoms with van der Waals surface area (Å²) in [4.78, 5) is 4.55. The van der Waals surface area contributed by atoms with E-state index in [2.05, 4.69) is 24.2 Å². The molecule has 2 atom stereocenters. The van der Waals surface area contributed by atoms with E-state index in [1.807, 2.05) is 7.11 Å². The van der Waals surface area contributed by atoms with Crippen LogP contribution in [0.15, 0.2) is 5.38 Å². The maximum atomic E-state index is 5.81. The Labute approximate surface area is 119 Å². The van der Waals surface area contributed by atoms with Crippen LogP contribution in [0.4, 0.5) is 5.13 Å². The Bertz CT molecular complexity index is 456. The Morgan fingerprint density at radius 2 is 1.89 bits per heavy atom. The van der Waals surface area contributed by atoms with Gasteiger partial charge in [-0.1, -0.05) is 6.92 Å². The first-order valence-electron chi connectivity index (χ1n) is 7.19. The Kier molecular flexibility index (Phi) is 3.13. The van der Waals surface area contributed by atoms with Crippen LogP contribution < -0.4 is 5.73 Å². The first-order chi connectivity index (χ1) is 8.92. The molecule has 4 heteroatoms. The Morgan fingerprint density at radius 3 is 2.37 bits per heavy atom. The van der Waals surface area contributed by atoms with Gasteiger partial charge in [-0.05, 0) is 50.9 Å². The molecule has 1 heterocycles. The number of nitrogens with zero attached hydrogens (tertiary/aromatic N) is 1. The van der Waals surface area contributed by atoms with E-state index in [0.29, 0.717) is 5.13 Å². The van der Waals surface area contributed by atoms with Gasteiger partial charge >= 0.3 is 0 Å². The second kappa shape index (κ2) is 4.45. The van der Waals surface area contributed by atoms with E-state index in [1.54, 1.807) is 11.3 Å². The highest BCUT2D eigenvalue weighted by Crippen LogP contribution is 2.53. The molecule has 3 nitrogen and oxygen atoms in total. The van der Waals surface area contributed by atoms with Crippen LogP contribution >= 0.6 is 11.3 Å². The summed E-state index contributed by atoms with van der Waals surface area (Å²) < 4.78 is 5.76. The topological polar surface area (TPSA) is 48.1 Å². The normalized spacial score (nSPS) is 42.3. The molecule has 0 amide bonds. The van der Waals surface area contributed by atoms with E-state index in [1.165, 1.54) is 37.8 Å². The van der Waals surface area contributed by atoms with Crippen LogP contribution in [0, 0.1) is 11.8 Å². The van der Waals surface area contributed by atoms with E-state index < -0.39 is 0 Å². The zero-order valence-corrected chi connectivity index (χ0v) is 12.9. The molecule has 1 aromatic heterocycles. The molecule has 106 valence electrons. The molecule has 0 saturated heterocycles. The van der Waals surface area contributed by atoms with Crippen molar-refractivity contribution in [2.45, 2.75) is 57.0 Å². The number of aromatic nitrogens is 1. The lowest BCUT2D eigenvalue weighted by molar-refractivity contribution is -0.0796. The third-order valence-electron chi connectivity index (χ3n) is 5.22. The van der Waals surface area contributed by atoms with Gasteiger partial charge in [-0.2, -0.15) is 0 Å². The average Bonchev–Trinajstić information content (AvgIpc) is 2.75. The van der Waals surface area contributed by atoms with Gasteiger partial charge in [0.1, 0.15) is 0 Å². The average molecular weight is 280 g/mol. The summed E-state index contributed by atoms with van der Waals surface area (Å²) in [6, 6.07) is 0.